The van der Waals surface area contributed by atoms with Crippen LogP contribution in [0.5, 0.6) is 0 Å². The van der Waals surface area contributed by atoms with Crippen molar-refractivity contribution in [2.75, 3.05) is 39.1 Å². The molecule has 0 bridgehead atoms. The number of hydrogen-bond acceptors (Lipinski definition) is 6. The Labute approximate surface area is 279 Å². The van der Waals surface area contributed by atoms with Crippen LogP contribution in [-0.4, -0.2) is 67.6 Å². The summed E-state index contributed by atoms with van der Waals surface area (Å²) in [6, 6.07) is 27.5. The summed E-state index contributed by atoms with van der Waals surface area (Å²) >= 11 is 0. The predicted octanol–water partition coefficient (Wildman–Crippen LogP) is 6.53. The molecule has 0 aliphatic heterocycles. The Morgan fingerprint density at radius 2 is 1.57 bits per heavy atom. The van der Waals surface area contributed by atoms with E-state index in [4.69, 9.17) is 9.52 Å². The van der Waals surface area contributed by atoms with Crippen LogP contribution in [0.3, 0.4) is 0 Å². The molecule has 0 radical (unpaired) electrons. The Balaban J connectivity index is 1.14. The van der Waals surface area contributed by atoms with Crippen molar-refractivity contribution < 1.29 is 9.22 Å². The monoisotopic (exact) mass is 643 g/mol. The number of ketones is 1. The van der Waals surface area contributed by atoms with Crippen molar-refractivity contribution in [3.05, 3.63) is 115 Å². The second-order valence-corrected chi connectivity index (χ2v) is 17.8. The van der Waals surface area contributed by atoms with E-state index in [9.17, 15) is 4.79 Å². The third-order valence-corrected chi connectivity index (χ3v) is 14.1. The van der Waals surface area contributed by atoms with Crippen molar-refractivity contribution in [3.63, 3.8) is 0 Å². The van der Waals surface area contributed by atoms with E-state index in [1.165, 1.54) is 10.4 Å². The van der Waals surface area contributed by atoms with Crippen LogP contribution < -0.4 is 15.7 Å². The Hall–Kier alpha value is -4.37. The largest absolute Gasteiger partial charge is 0.407 e. The second kappa shape index (κ2) is 13.8. The zero-order valence-corrected chi connectivity index (χ0v) is 29.2. The Morgan fingerprint density at radius 1 is 0.894 bits per heavy atom. The summed E-state index contributed by atoms with van der Waals surface area (Å²) in [7, 11) is 1.57. The van der Waals surface area contributed by atoms with Crippen LogP contribution in [-0.2, 0) is 11.0 Å². The first-order valence-electron chi connectivity index (χ1n) is 16.5. The van der Waals surface area contributed by atoms with Gasteiger partial charge in [0.1, 0.15) is 5.69 Å². The van der Waals surface area contributed by atoms with E-state index in [1.54, 1.807) is 18.5 Å². The number of hydrogen-bond donors (Lipinski definition) is 1. The van der Waals surface area contributed by atoms with Crippen molar-refractivity contribution in [1.82, 2.24) is 19.7 Å². The average Bonchev–Trinajstić information content (AvgIpc) is 3.45. The summed E-state index contributed by atoms with van der Waals surface area (Å²) in [4.78, 5) is 20.3. The van der Waals surface area contributed by atoms with Gasteiger partial charge in [0, 0.05) is 54.3 Å². The second-order valence-electron chi connectivity index (χ2n) is 13.5. The Kier molecular flexibility index (Phi) is 9.54. The fraction of sp³-hybridized carbons (Fsp3) is 0.308. The minimum absolute atomic E-state index is 0.0196. The molecule has 6 rings (SSSR count). The molecule has 7 nitrogen and oxygen atoms in total. The molecule has 0 atom stereocenters. The number of carbonyl (C=O) groups excluding carboxylic acids is 1. The average molecular weight is 644 g/mol. The molecule has 242 valence electrons. The standard InChI is InChI=1S/C39H45N5O2Si/c1-39(2,3)47(29-16-10-8-11-17-29,30-18-12-9-13-19-30)46-27-15-7-6-14-23-41-33-20-21-34-36-35(33)38(45)31-22-24-40-28-32(31)37(36)42-44(34)26-25-43(4)5/h6-13,16-22,24,28,41H,14-15,23,25-27H2,1-5H3/b7-6-. The van der Waals surface area contributed by atoms with Crippen LogP contribution in [0, 0.1) is 0 Å². The quantitative estimate of drug-likeness (QED) is 0.0877. The van der Waals surface area contributed by atoms with E-state index >= 15 is 0 Å². The molecular formula is C39H45N5O2Si. The summed E-state index contributed by atoms with van der Waals surface area (Å²) in [6.07, 6.45) is 9.53. The first-order chi connectivity index (χ1) is 22.7. The van der Waals surface area contributed by atoms with Gasteiger partial charge in [-0.25, -0.2) is 0 Å². The van der Waals surface area contributed by atoms with Crippen LogP contribution in [0.2, 0.25) is 5.04 Å². The number of pyridine rings is 1. The van der Waals surface area contributed by atoms with Crippen LogP contribution in [0.4, 0.5) is 5.69 Å². The number of fused-ring (bicyclic) bond motifs is 2. The summed E-state index contributed by atoms with van der Waals surface area (Å²) in [6.45, 7) is 9.89. The highest BCUT2D eigenvalue weighted by Gasteiger charge is 2.49. The Bertz CT molecular complexity index is 1840. The zero-order valence-electron chi connectivity index (χ0n) is 28.2. The van der Waals surface area contributed by atoms with Gasteiger partial charge in [-0.15, -0.1) is 0 Å². The van der Waals surface area contributed by atoms with Gasteiger partial charge < -0.3 is 14.6 Å². The third-order valence-electron chi connectivity index (χ3n) is 9.04. The summed E-state index contributed by atoms with van der Waals surface area (Å²) in [5, 5.41) is 12.0. The molecule has 0 saturated carbocycles. The van der Waals surface area contributed by atoms with E-state index in [1.807, 2.05) is 10.7 Å². The molecule has 2 heterocycles. The van der Waals surface area contributed by atoms with Crippen LogP contribution >= 0.6 is 0 Å². The van der Waals surface area contributed by atoms with Gasteiger partial charge in [-0.2, -0.15) is 5.10 Å². The SMILES string of the molecule is CN(C)CCn1nc2c3c(c(NCC/C=C\CCO[Si](c4ccccc4)(c4ccccc4)C(C)(C)C)ccc31)C(=O)c1ccncc1-2. The molecule has 0 saturated heterocycles. The zero-order chi connectivity index (χ0) is 33.0. The molecule has 3 aromatic carbocycles. The highest BCUT2D eigenvalue weighted by molar-refractivity contribution is 6.99. The minimum Gasteiger partial charge on any atom is -0.407 e. The number of aromatic nitrogens is 3. The number of nitrogens with one attached hydrogen (secondary N) is 1. The van der Waals surface area contributed by atoms with E-state index in [2.05, 4.69) is 129 Å². The first-order valence-corrected chi connectivity index (χ1v) is 18.4. The number of benzene rings is 3. The van der Waals surface area contributed by atoms with Crippen molar-refractivity contribution in [1.29, 1.82) is 0 Å². The highest BCUT2D eigenvalue weighted by Crippen LogP contribution is 2.41. The number of nitrogens with zero attached hydrogens (tertiary/aromatic N) is 4. The number of carbonyl (C=O) groups is 1. The maximum absolute atomic E-state index is 13.8. The third kappa shape index (κ3) is 6.33. The lowest BCUT2D eigenvalue weighted by Crippen LogP contribution is -2.66. The van der Waals surface area contributed by atoms with E-state index in [0.29, 0.717) is 24.3 Å². The van der Waals surface area contributed by atoms with E-state index < -0.39 is 8.32 Å². The smallest absolute Gasteiger partial charge is 0.261 e. The van der Waals surface area contributed by atoms with Crippen molar-refractivity contribution in [2.45, 2.75) is 45.2 Å². The van der Waals surface area contributed by atoms with Gasteiger partial charge in [0.2, 0.25) is 0 Å². The molecule has 0 spiro atoms. The number of rotatable bonds is 13. The normalized spacial score (nSPS) is 13.1. The van der Waals surface area contributed by atoms with E-state index in [0.717, 1.165) is 53.8 Å². The fourth-order valence-electron chi connectivity index (χ4n) is 6.79. The fourth-order valence-corrected chi connectivity index (χ4v) is 11.4. The molecule has 0 unspecified atom stereocenters. The van der Waals surface area contributed by atoms with Crippen molar-refractivity contribution in [2.24, 2.45) is 0 Å². The first kappa shape index (κ1) is 32.6. The summed E-state index contributed by atoms with van der Waals surface area (Å²) in [5.41, 5.74) is 4.82. The molecule has 1 N–H and O–H groups in total. The minimum atomic E-state index is -2.53. The number of likely N-dealkylation sites (N-methyl/N-ethyl adjacent to an activating group) is 1. The highest BCUT2D eigenvalue weighted by atomic mass is 28.4. The van der Waals surface area contributed by atoms with E-state index in [-0.39, 0.29) is 10.8 Å². The van der Waals surface area contributed by atoms with Gasteiger partial charge in [-0.1, -0.05) is 93.6 Å². The van der Waals surface area contributed by atoms with Crippen LogP contribution in [0.15, 0.2) is 103 Å². The van der Waals surface area contributed by atoms with Crippen LogP contribution in [0.25, 0.3) is 22.2 Å². The molecule has 0 fully saturated rings. The molecule has 2 aromatic heterocycles. The molecule has 0 amide bonds. The van der Waals surface area contributed by atoms with Crippen molar-refractivity contribution in [3.8, 4) is 11.3 Å². The predicted molar refractivity (Wildman–Crippen MR) is 195 cm³/mol. The molecule has 1 aliphatic carbocycles. The van der Waals surface area contributed by atoms with Gasteiger partial charge in [-0.05, 0) is 60.5 Å². The van der Waals surface area contributed by atoms with Gasteiger partial charge in [0.25, 0.3) is 8.32 Å². The van der Waals surface area contributed by atoms with Gasteiger partial charge in [-0.3, -0.25) is 14.5 Å². The maximum Gasteiger partial charge on any atom is 0.261 e. The lowest BCUT2D eigenvalue weighted by molar-refractivity contribution is 0.104. The molecule has 47 heavy (non-hydrogen) atoms. The van der Waals surface area contributed by atoms with Gasteiger partial charge >= 0.3 is 0 Å². The molecule has 1 aliphatic rings. The van der Waals surface area contributed by atoms with Crippen LogP contribution in [0.1, 0.15) is 49.5 Å². The Morgan fingerprint density at radius 3 is 2.23 bits per heavy atom. The van der Waals surface area contributed by atoms with Crippen molar-refractivity contribution >= 4 is 41.1 Å². The number of anilines is 1. The maximum atomic E-state index is 13.8. The summed E-state index contributed by atoms with van der Waals surface area (Å²) in [5.74, 6) is 0.0196. The molecule has 8 heteroatoms. The molecule has 5 aromatic rings. The topological polar surface area (TPSA) is 72.3 Å². The van der Waals surface area contributed by atoms with Gasteiger partial charge in [0.05, 0.1) is 17.6 Å². The van der Waals surface area contributed by atoms with Gasteiger partial charge in [0.15, 0.2) is 5.78 Å². The lowest BCUT2D eigenvalue weighted by atomic mass is 9.87. The lowest BCUT2D eigenvalue weighted by Gasteiger charge is -2.43. The summed E-state index contributed by atoms with van der Waals surface area (Å²) < 4.78 is 9.04. The molecular weight excluding hydrogens is 599 g/mol.